The van der Waals surface area contributed by atoms with Gasteiger partial charge in [-0.3, -0.25) is 4.79 Å². The van der Waals surface area contributed by atoms with Crippen molar-refractivity contribution in [1.82, 2.24) is 4.98 Å². The van der Waals surface area contributed by atoms with Crippen LogP contribution in [0.25, 0.3) is 22.2 Å². The highest BCUT2D eigenvalue weighted by Crippen LogP contribution is 2.25. The molecule has 2 aromatic carbocycles. The molecular formula is C17H14ClNO2. The average molecular weight is 300 g/mol. The number of hydrogen-bond acceptors (Lipinski definition) is 2. The normalized spacial score (nSPS) is 10.8. The molecule has 0 spiro atoms. The smallest absolute Gasteiger partial charge is 0.193 e. The third kappa shape index (κ3) is 2.41. The second kappa shape index (κ2) is 5.26. The lowest BCUT2D eigenvalue weighted by Gasteiger charge is -2.10. The van der Waals surface area contributed by atoms with Crippen molar-refractivity contribution in [2.45, 2.75) is 6.92 Å². The van der Waals surface area contributed by atoms with Crippen molar-refractivity contribution >= 4 is 22.5 Å². The van der Waals surface area contributed by atoms with Gasteiger partial charge in [-0.05, 0) is 42.8 Å². The van der Waals surface area contributed by atoms with E-state index in [1.807, 2.05) is 43.3 Å². The number of halogens is 1. The van der Waals surface area contributed by atoms with E-state index in [1.165, 1.54) is 0 Å². The fraction of sp³-hybridized carbons (Fsp3) is 0.118. The lowest BCUT2D eigenvalue weighted by Crippen LogP contribution is -2.09. The molecule has 21 heavy (non-hydrogen) atoms. The minimum atomic E-state index is -0.00220. The summed E-state index contributed by atoms with van der Waals surface area (Å²) in [6.45, 7) is 1.81. The third-order valence-electron chi connectivity index (χ3n) is 3.56. The maximum Gasteiger partial charge on any atom is 0.193 e. The molecule has 0 saturated carbocycles. The first-order valence-electron chi connectivity index (χ1n) is 6.56. The predicted molar refractivity (Wildman–Crippen MR) is 86.3 cm³/mol. The Balaban J connectivity index is 2.31. The van der Waals surface area contributed by atoms with Crippen LogP contribution < -0.4 is 10.2 Å². The number of hydrogen-bond donors (Lipinski definition) is 1. The zero-order valence-electron chi connectivity index (χ0n) is 11.7. The maximum atomic E-state index is 12.6. The van der Waals surface area contributed by atoms with E-state index in [9.17, 15) is 4.79 Å². The molecule has 0 aliphatic rings. The van der Waals surface area contributed by atoms with Crippen LogP contribution in [-0.4, -0.2) is 12.1 Å². The number of pyridine rings is 1. The fourth-order valence-corrected chi connectivity index (χ4v) is 2.61. The number of ether oxygens (including phenoxy) is 1. The molecule has 0 atom stereocenters. The Bertz CT molecular complexity index is 884. The number of aromatic amines is 1. The monoisotopic (exact) mass is 299 g/mol. The Morgan fingerprint density at radius 2 is 1.95 bits per heavy atom. The lowest BCUT2D eigenvalue weighted by atomic mass is 10.0. The van der Waals surface area contributed by atoms with Crippen LogP contribution in [-0.2, 0) is 0 Å². The van der Waals surface area contributed by atoms with Gasteiger partial charge >= 0.3 is 0 Å². The summed E-state index contributed by atoms with van der Waals surface area (Å²) in [6, 6.07) is 12.9. The third-order valence-corrected chi connectivity index (χ3v) is 3.80. The molecule has 106 valence electrons. The highest BCUT2D eigenvalue weighted by molar-refractivity contribution is 6.30. The topological polar surface area (TPSA) is 42.1 Å². The standard InChI is InChI=1S/C17H14ClNO2/c1-10-16(11-4-3-5-12(18)8-11)19-15-7-6-13(21-2)9-14(15)17(10)20/h3-9H,1-2H3,(H,19,20). The lowest BCUT2D eigenvalue weighted by molar-refractivity contribution is 0.415. The van der Waals surface area contributed by atoms with E-state index in [2.05, 4.69) is 4.98 Å². The summed E-state index contributed by atoms with van der Waals surface area (Å²) >= 11 is 6.04. The molecular weight excluding hydrogens is 286 g/mol. The Morgan fingerprint density at radius 3 is 2.67 bits per heavy atom. The second-order valence-electron chi connectivity index (χ2n) is 4.88. The average Bonchev–Trinajstić information content (AvgIpc) is 2.50. The molecule has 0 saturated heterocycles. The molecule has 0 amide bonds. The van der Waals surface area contributed by atoms with E-state index in [-0.39, 0.29) is 5.43 Å². The van der Waals surface area contributed by atoms with Gasteiger partial charge in [-0.25, -0.2) is 0 Å². The molecule has 3 aromatic rings. The van der Waals surface area contributed by atoms with Gasteiger partial charge in [0, 0.05) is 16.0 Å². The molecule has 1 heterocycles. The van der Waals surface area contributed by atoms with Gasteiger partial charge in [-0.15, -0.1) is 0 Å². The van der Waals surface area contributed by atoms with E-state index >= 15 is 0 Å². The molecule has 0 bridgehead atoms. The van der Waals surface area contributed by atoms with Crippen molar-refractivity contribution in [3.05, 3.63) is 63.3 Å². The largest absolute Gasteiger partial charge is 0.497 e. The number of nitrogens with one attached hydrogen (secondary N) is 1. The minimum Gasteiger partial charge on any atom is -0.497 e. The highest BCUT2D eigenvalue weighted by Gasteiger charge is 2.11. The van der Waals surface area contributed by atoms with Crippen molar-refractivity contribution in [2.75, 3.05) is 7.11 Å². The van der Waals surface area contributed by atoms with Crippen LogP contribution >= 0.6 is 11.6 Å². The first-order valence-corrected chi connectivity index (χ1v) is 6.94. The molecule has 0 radical (unpaired) electrons. The van der Waals surface area contributed by atoms with E-state index in [4.69, 9.17) is 16.3 Å². The molecule has 0 aliphatic carbocycles. The van der Waals surface area contributed by atoms with Crippen molar-refractivity contribution < 1.29 is 4.74 Å². The maximum absolute atomic E-state index is 12.6. The Kier molecular flexibility index (Phi) is 3.43. The van der Waals surface area contributed by atoms with Gasteiger partial charge in [0.1, 0.15) is 5.75 Å². The first kappa shape index (κ1) is 13.7. The molecule has 3 nitrogen and oxygen atoms in total. The number of benzene rings is 2. The van der Waals surface area contributed by atoms with Gasteiger partial charge in [0.2, 0.25) is 0 Å². The van der Waals surface area contributed by atoms with Crippen molar-refractivity contribution in [1.29, 1.82) is 0 Å². The van der Waals surface area contributed by atoms with E-state index in [0.29, 0.717) is 21.7 Å². The van der Waals surface area contributed by atoms with Gasteiger partial charge in [0.15, 0.2) is 5.43 Å². The van der Waals surface area contributed by atoms with Crippen LogP contribution in [0.5, 0.6) is 5.75 Å². The van der Waals surface area contributed by atoms with Crippen LogP contribution in [0.3, 0.4) is 0 Å². The van der Waals surface area contributed by atoms with Gasteiger partial charge in [-0.2, -0.15) is 0 Å². The van der Waals surface area contributed by atoms with Crippen LogP contribution in [0.15, 0.2) is 47.3 Å². The summed E-state index contributed by atoms with van der Waals surface area (Å²) in [5, 5.41) is 1.26. The van der Waals surface area contributed by atoms with E-state index in [0.717, 1.165) is 16.8 Å². The zero-order valence-corrected chi connectivity index (χ0v) is 12.5. The summed E-state index contributed by atoms with van der Waals surface area (Å²) in [6.07, 6.45) is 0. The highest BCUT2D eigenvalue weighted by atomic mass is 35.5. The quantitative estimate of drug-likeness (QED) is 0.772. The number of H-pyrrole nitrogens is 1. The molecule has 3 rings (SSSR count). The zero-order chi connectivity index (χ0) is 15.0. The van der Waals surface area contributed by atoms with Gasteiger partial charge < -0.3 is 9.72 Å². The molecule has 0 fully saturated rings. The molecule has 0 aliphatic heterocycles. The molecule has 1 N–H and O–H groups in total. The van der Waals surface area contributed by atoms with Crippen molar-refractivity contribution in [2.24, 2.45) is 0 Å². The van der Waals surface area contributed by atoms with Crippen LogP contribution in [0, 0.1) is 6.92 Å². The molecule has 1 aromatic heterocycles. The van der Waals surface area contributed by atoms with Crippen molar-refractivity contribution in [3.8, 4) is 17.0 Å². The number of methoxy groups -OCH3 is 1. The SMILES string of the molecule is COc1ccc2[nH]c(-c3cccc(Cl)c3)c(C)c(=O)c2c1. The van der Waals surface area contributed by atoms with Gasteiger partial charge in [0.25, 0.3) is 0 Å². The molecule has 0 unspecified atom stereocenters. The Hall–Kier alpha value is -2.26. The second-order valence-corrected chi connectivity index (χ2v) is 5.31. The summed E-state index contributed by atoms with van der Waals surface area (Å²) in [5.41, 5.74) is 3.13. The molecule has 4 heteroatoms. The number of aromatic nitrogens is 1. The van der Waals surface area contributed by atoms with Crippen LogP contribution in [0.4, 0.5) is 0 Å². The van der Waals surface area contributed by atoms with Gasteiger partial charge in [0.05, 0.1) is 18.3 Å². The van der Waals surface area contributed by atoms with Crippen LogP contribution in [0.2, 0.25) is 5.02 Å². The van der Waals surface area contributed by atoms with E-state index in [1.54, 1.807) is 13.2 Å². The van der Waals surface area contributed by atoms with E-state index < -0.39 is 0 Å². The number of rotatable bonds is 2. The predicted octanol–water partition coefficient (Wildman–Crippen LogP) is 4.17. The fourth-order valence-electron chi connectivity index (χ4n) is 2.42. The Labute approximate surface area is 127 Å². The minimum absolute atomic E-state index is 0.00220. The first-order chi connectivity index (χ1) is 10.1. The number of fused-ring (bicyclic) bond motifs is 1. The van der Waals surface area contributed by atoms with Crippen LogP contribution in [0.1, 0.15) is 5.56 Å². The van der Waals surface area contributed by atoms with Gasteiger partial charge in [-0.1, -0.05) is 23.7 Å². The van der Waals surface area contributed by atoms with Crippen molar-refractivity contribution in [3.63, 3.8) is 0 Å². The summed E-state index contributed by atoms with van der Waals surface area (Å²) < 4.78 is 5.18. The summed E-state index contributed by atoms with van der Waals surface area (Å²) in [4.78, 5) is 15.9. The summed E-state index contributed by atoms with van der Waals surface area (Å²) in [7, 11) is 1.59. The Morgan fingerprint density at radius 1 is 1.14 bits per heavy atom. The summed E-state index contributed by atoms with van der Waals surface area (Å²) in [5.74, 6) is 0.669.